The van der Waals surface area contributed by atoms with Crippen LogP contribution in [0.5, 0.6) is 0 Å². The molecule has 0 aliphatic heterocycles. The van der Waals surface area contributed by atoms with E-state index in [2.05, 4.69) is 4.52 Å². The standard InChI is InChI=1S/C9H18Cl3O4P/c1-6(11)3-8(4-7(2)12)9(5-10)16-17(13,14)15/h6-9H,3-5H2,1-2H3,(H2,13,14,15). The third-order valence-corrected chi connectivity index (χ3v) is 3.41. The van der Waals surface area contributed by atoms with Gasteiger partial charge < -0.3 is 9.79 Å². The molecule has 4 nitrogen and oxygen atoms in total. The quantitative estimate of drug-likeness (QED) is 0.530. The van der Waals surface area contributed by atoms with Crippen LogP contribution in [-0.4, -0.2) is 32.5 Å². The van der Waals surface area contributed by atoms with Crippen LogP contribution in [0.3, 0.4) is 0 Å². The highest BCUT2D eigenvalue weighted by atomic mass is 35.5. The van der Waals surface area contributed by atoms with Gasteiger partial charge in [0.05, 0.1) is 6.10 Å². The highest BCUT2D eigenvalue weighted by molar-refractivity contribution is 7.46. The monoisotopic (exact) mass is 326 g/mol. The zero-order valence-corrected chi connectivity index (χ0v) is 12.9. The number of halogens is 3. The van der Waals surface area contributed by atoms with Crippen LogP contribution in [0.4, 0.5) is 0 Å². The molecular weight excluding hydrogens is 309 g/mol. The Kier molecular flexibility index (Phi) is 8.68. The maximum Gasteiger partial charge on any atom is 0.469 e. The molecule has 0 heterocycles. The largest absolute Gasteiger partial charge is 0.469 e. The Morgan fingerprint density at radius 1 is 1.18 bits per heavy atom. The number of alkyl halides is 3. The molecule has 0 rings (SSSR count). The third kappa shape index (κ3) is 9.54. The van der Waals surface area contributed by atoms with E-state index in [4.69, 9.17) is 44.6 Å². The van der Waals surface area contributed by atoms with E-state index in [-0.39, 0.29) is 22.6 Å². The minimum atomic E-state index is -4.55. The van der Waals surface area contributed by atoms with Gasteiger partial charge in [-0.2, -0.15) is 0 Å². The Labute approximate surface area is 117 Å². The average molecular weight is 328 g/mol. The Balaban J connectivity index is 4.65. The Morgan fingerprint density at radius 2 is 1.59 bits per heavy atom. The summed E-state index contributed by atoms with van der Waals surface area (Å²) in [6, 6.07) is 0. The van der Waals surface area contributed by atoms with Crippen LogP contribution in [-0.2, 0) is 9.09 Å². The fourth-order valence-electron chi connectivity index (χ4n) is 1.65. The van der Waals surface area contributed by atoms with Gasteiger partial charge in [-0.3, -0.25) is 4.52 Å². The second-order valence-corrected chi connectivity index (χ2v) is 7.07. The molecular formula is C9H18Cl3O4P. The summed E-state index contributed by atoms with van der Waals surface area (Å²) < 4.78 is 15.5. The Bertz CT molecular complexity index is 247. The summed E-state index contributed by atoms with van der Waals surface area (Å²) in [6.07, 6.45) is 0.325. The molecule has 0 aromatic rings. The van der Waals surface area contributed by atoms with Crippen molar-refractivity contribution in [2.75, 3.05) is 5.88 Å². The van der Waals surface area contributed by atoms with Crippen LogP contribution in [0, 0.1) is 5.92 Å². The molecule has 0 fully saturated rings. The van der Waals surface area contributed by atoms with Gasteiger partial charge in [-0.1, -0.05) is 0 Å². The zero-order chi connectivity index (χ0) is 13.6. The molecule has 0 bridgehead atoms. The molecule has 17 heavy (non-hydrogen) atoms. The van der Waals surface area contributed by atoms with Gasteiger partial charge in [0.2, 0.25) is 0 Å². The first-order valence-corrected chi connectivity index (χ1v) is 8.17. The maximum atomic E-state index is 10.8. The molecule has 3 atom stereocenters. The second-order valence-electron chi connectivity index (χ2n) is 4.08. The van der Waals surface area contributed by atoms with Crippen molar-refractivity contribution in [2.24, 2.45) is 5.92 Å². The lowest BCUT2D eigenvalue weighted by Gasteiger charge is -2.27. The molecule has 0 aliphatic carbocycles. The summed E-state index contributed by atoms with van der Waals surface area (Å²) in [6.45, 7) is 3.60. The molecule has 0 aromatic carbocycles. The molecule has 2 N–H and O–H groups in total. The maximum absolute atomic E-state index is 10.8. The van der Waals surface area contributed by atoms with E-state index in [9.17, 15) is 4.57 Å². The van der Waals surface area contributed by atoms with Gasteiger partial charge in [0.25, 0.3) is 0 Å². The number of rotatable bonds is 8. The van der Waals surface area contributed by atoms with Crippen LogP contribution in [0.2, 0.25) is 0 Å². The van der Waals surface area contributed by atoms with Crippen molar-refractivity contribution in [1.29, 1.82) is 0 Å². The number of hydrogen-bond acceptors (Lipinski definition) is 2. The second kappa shape index (κ2) is 8.21. The van der Waals surface area contributed by atoms with Gasteiger partial charge in [-0.15, -0.1) is 34.8 Å². The SMILES string of the molecule is CC(Cl)CC(CC(C)Cl)C(CCl)OP(=O)(O)O. The van der Waals surface area contributed by atoms with Gasteiger partial charge in [0, 0.05) is 16.6 Å². The summed E-state index contributed by atoms with van der Waals surface area (Å²) in [5, 5.41) is -0.275. The molecule has 0 aromatic heterocycles. The molecule has 0 amide bonds. The van der Waals surface area contributed by atoms with Gasteiger partial charge >= 0.3 is 7.82 Å². The minimum absolute atomic E-state index is 0.0109. The van der Waals surface area contributed by atoms with Gasteiger partial charge in [0.15, 0.2) is 0 Å². The molecule has 0 saturated heterocycles. The average Bonchev–Trinajstić information content (AvgIpc) is 2.10. The van der Waals surface area contributed by atoms with Crippen molar-refractivity contribution in [1.82, 2.24) is 0 Å². The van der Waals surface area contributed by atoms with E-state index in [0.29, 0.717) is 12.8 Å². The van der Waals surface area contributed by atoms with Crippen LogP contribution >= 0.6 is 42.6 Å². The van der Waals surface area contributed by atoms with Gasteiger partial charge in [0.1, 0.15) is 0 Å². The van der Waals surface area contributed by atoms with Crippen molar-refractivity contribution in [3.05, 3.63) is 0 Å². The van der Waals surface area contributed by atoms with E-state index >= 15 is 0 Å². The smallest absolute Gasteiger partial charge is 0.303 e. The first-order chi connectivity index (χ1) is 7.65. The molecule has 0 aliphatic rings. The summed E-state index contributed by atoms with van der Waals surface area (Å²) in [7, 11) is -4.55. The summed E-state index contributed by atoms with van der Waals surface area (Å²) in [4.78, 5) is 17.6. The van der Waals surface area contributed by atoms with E-state index in [1.165, 1.54) is 0 Å². The topological polar surface area (TPSA) is 66.8 Å². The van der Waals surface area contributed by atoms with E-state index in [0.717, 1.165) is 0 Å². The summed E-state index contributed by atoms with van der Waals surface area (Å²) in [5.41, 5.74) is 0. The molecule has 0 saturated carbocycles. The number of phosphoric ester groups is 1. The molecule has 104 valence electrons. The highest BCUT2D eigenvalue weighted by Crippen LogP contribution is 2.41. The van der Waals surface area contributed by atoms with E-state index < -0.39 is 13.9 Å². The van der Waals surface area contributed by atoms with Crippen molar-refractivity contribution >= 4 is 42.6 Å². The molecule has 3 unspecified atom stereocenters. The van der Waals surface area contributed by atoms with Crippen molar-refractivity contribution in [2.45, 2.75) is 43.5 Å². The first kappa shape index (κ1) is 18.0. The predicted molar refractivity (Wildman–Crippen MR) is 71.0 cm³/mol. The highest BCUT2D eigenvalue weighted by Gasteiger charge is 2.30. The van der Waals surface area contributed by atoms with Crippen LogP contribution < -0.4 is 0 Å². The molecule has 0 spiro atoms. The first-order valence-electron chi connectivity index (χ1n) is 5.23. The number of phosphoric acid groups is 1. The lowest BCUT2D eigenvalue weighted by molar-refractivity contribution is 0.0955. The van der Waals surface area contributed by atoms with E-state index in [1.54, 1.807) is 13.8 Å². The van der Waals surface area contributed by atoms with E-state index in [1.807, 2.05) is 0 Å². The fourth-order valence-corrected chi connectivity index (χ4v) is 3.11. The van der Waals surface area contributed by atoms with Crippen LogP contribution in [0.15, 0.2) is 0 Å². The van der Waals surface area contributed by atoms with Crippen LogP contribution in [0.1, 0.15) is 26.7 Å². The molecule has 8 heteroatoms. The number of hydrogen-bond donors (Lipinski definition) is 2. The lowest BCUT2D eigenvalue weighted by atomic mass is 9.93. The zero-order valence-electron chi connectivity index (χ0n) is 9.72. The summed E-state index contributed by atoms with van der Waals surface area (Å²) >= 11 is 17.5. The predicted octanol–water partition coefficient (Wildman–Crippen LogP) is 3.35. The summed E-state index contributed by atoms with van der Waals surface area (Å²) in [5.74, 6) is -0.191. The molecule has 0 radical (unpaired) electrons. The van der Waals surface area contributed by atoms with Crippen LogP contribution in [0.25, 0.3) is 0 Å². The Hall–Kier alpha value is 0.980. The van der Waals surface area contributed by atoms with Gasteiger partial charge in [-0.25, -0.2) is 4.57 Å². The van der Waals surface area contributed by atoms with Crippen molar-refractivity contribution < 1.29 is 18.9 Å². The fraction of sp³-hybridized carbons (Fsp3) is 1.00. The third-order valence-electron chi connectivity index (χ3n) is 2.21. The van der Waals surface area contributed by atoms with Crippen molar-refractivity contribution in [3.8, 4) is 0 Å². The van der Waals surface area contributed by atoms with Gasteiger partial charge in [-0.05, 0) is 32.6 Å². The Morgan fingerprint density at radius 3 is 1.82 bits per heavy atom. The normalized spacial score (nSPS) is 19.7. The lowest BCUT2D eigenvalue weighted by Crippen LogP contribution is -2.28. The van der Waals surface area contributed by atoms with Crippen molar-refractivity contribution in [3.63, 3.8) is 0 Å². The minimum Gasteiger partial charge on any atom is -0.303 e.